The van der Waals surface area contributed by atoms with Crippen molar-refractivity contribution in [2.75, 3.05) is 6.54 Å². The van der Waals surface area contributed by atoms with Gasteiger partial charge in [0.2, 0.25) is 6.29 Å². The number of hydrogen-bond donors (Lipinski definition) is 1. The Bertz CT molecular complexity index is 689. The van der Waals surface area contributed by atoms with Crippen LogP contribution in [0, 0.1) is 5.92 Å². The summed E-state index contributed by atoms with van der Waals surface area (Å²) in [6.45, 7) is 4.93. The van der Waals surface area contributed by atoms with E-state index in [0.717, 1.165) is 35.9 Å². The van der Waals surface area contributed by atoms with Gasteiger partial charge in [-0.15, -0.1) is 0 Å². The molecular formula is C20H25NO3. The van der Waals surface area contributed by atoms with E-state index in [1.165, 1.54) is 0 Å². The summed E-state index contributed by atoms with van der Waals surface area (Å²) in [4.78, 5) is 12.0. The van der Waals surface area contributed by atoms with E-state index >= 15 is 0 Å². The third kappa shape index (κ3) is 4.48. The van der Waals surface area contributed by atoms with Gasteiger partial charge in [0, 0.05) is 24.4 Å². The average molecular weight is 327 g/mol. The van der Waals surface area contributed by atoms with Crippen LogP contribution in [0.3, 0.4) is 0 Å². The lowest BCUT2D eigenvalue weighted by Crippen LogP contribution is -2.32. The minimum absolute atomic E-state index is 0.0710. The molecule has 1 aliphatic rings. The third-order valence-electron chi connectivity index (χ3n) is 4.10. The van der Waals surface area contributed by atoms with E-state index in [1.54, 1.807) is 0 Å². The van der Waals surface area contributed by atoms with Gasteiger partial charge in [-0.2, -0.15) is 0 Å². The first-order valence-electron chi connectivity index (χ1n) is 8.72. The highest BCUT2D eigenvalue weighted by molar-refractivity contribution is 5.88. The van der Waals surface area contributed by atoms with Gasteiger partial charge in [-0.3, -0.25) is 4.79 Å². The molecule has 1 saturated carbocycles. The Morgan fingerprint density at radius 3 is 2.67 bits per heavy atom. The fraction of sp³-hybridized carbons (Fsp3) is 0.450. The highest BCUT2D eigenvalue weighted by atomic mass is 16.7. The summed E-state index contributed by atoms with van der Waals surface area (Å²) in [5.41, 5.74) is 0. The van der Waals surface area contributed by atoms with E-state index in [9.17, 15) is 4.79 Å². The molecule has 0 saturated heterocycles. The third-order valence-corrected chi connectivity index (χ3v) is 4.10. The summed E-state index contributed by atoms with van der Waals surface area (Å²) >= 11 is 0. The molecule has 0 aromatic heterocycles. The lowest BCUT2D eigenvalue weighted by atomic mass is 10.1. The predicted molar refractivity (Wildman–Crippen MR) is 94.9 cm³/mol. The molecule has 0 amide bonds. The van der Waals surface area contributed by atoms with Crippen molar-refractivity contribution in [3.63, 3.8) is 0 Å². The summed E-state index contributed by atoms with van der Waals surface area (Å²) in [6, 6.07) is 14.4. The van der Waals surface area contributed by atoms with Crippen LogP contribution in [-0.2, 0) is 9.53 Å². The number of esters is 1. The van der Waals surface area contributed by atoms with E-state index in [0.29, 0.717) is 12.5 Å². The second kappa shape index (κ2) is 7.67. The summed E-state index contributed by atoms with van der Waals surface area (Å²) in [5.74, 6) is 0.692. The van der Waals surface area contributed by atoms with Crippen LogP contribution in [0.4, 0.5) is 0 Å². The highest BCUT2D eigenvalue weighted by Crippen LogP contribution is 2.32. The Kier molecular flexibility index (Phi) is 5.36. The zero-order valence-corrected chi connectivity index (χ0v) is 14.3. The van der Waals surface area contributed by atoms with Crippen molar-refractivity contribution < 1.29 is 14.3 Å². The highest BCUT2D eigenvalue weighted by Gasteiger charge is 2.33. The van der Waals surface area contributed by atoms with Crippen molar-refractivity contribution in [1.82, 2.24) is 5.32 Å². The van der Waals surface area contributed by atoms with Crippen LogP contribution in [0.1, 0.15) is 33.1 Å². The second-order valence-electron chi connectivity index (χ2n) is 6.63. The van der Waals surface area contributed by atoms with Crippen LogP contribution < -0.4 is 10.1 Å². The number of carbonyl (C=O) groups is 1. The smallest absolute Gasteiger partial charge is 0.312 e. The lowest BCUT2D eigenvalue weighted by molar-refractivity contribution is -0.165. The van der Waals surface area contributed by atoms with Crippen LogP contribution in [0.5, 0.6) is 5.75 Å². The van der Waals surface area contributed by atoms with Gasteiger partial charge >= 0.3 is 5.97 Å². The SMILES string of the molecule is CC(C)NCC[C@H](OC(=O)C1CC1)Oc1cccc2ccccc12. The minimum Gasteiger partial charge on any atom is -0.454 e. The van der Waals surface area contributed by atoms with Crippen molar-refractivity contribution in [1.29, 1.82) is 0 Å². The monoisotopic (exact) mass is 327 g/mol. The summed E-state index contributed by atoms with van der Waals surface area (Å²) in [5, 5.41) is 5.49. The van der Waals surface area contributed by atoms with Gasteiger partial charge in [0.15, 0.2) is 0 Å². The minimum atomic E-state index is -0.560. The van der Waals surface area contributed by atoms with E-state index in [1.807, 2.05) is 42.5 Å². The summed E-state index contributed by atoms with van der Waals surface area (Å²) < 4.78 is 11.7. The molecule has 1 atom stereocenters. The van der Waals surface area contributed by atoms with Gasteiger partial charge in [-0.25, -0.2) is 0 Å². The van der Waals surface area contributed by atoms with Gasteiger partial charge in [0.25, 0.3) is 0 Å². The molecule has 0 heterocycles. The van der Waals surface area contributed by atoms with E-state index in [4.69, 9.17) is 9.47 Å². The molecule has 2 aromatic rings. The fourth-order valence-corrected chi connectivity index (χ4v) is 2.62. The van der Waals surface area contributed by atoms with Gasteiger partial charge in [0.1, 0.15) is 5.75 Å². The van der Waals surface area contributed by atoms with Crippen LogP contribution in [-0.4, -0.2) is 24.8 Å². The molecule has 1 N–H and O–H groups in total. The van der Waals surface area contributed by atoms with Crippen molar-refractivity contribution in [2.45, 2.75) is 45.4 Å². The number of fused-ring (bicyclic) bond motifs is 1. The summed E-state index contributed by atoms with van der Waals surface area (Å²) in [7, 11) is 0. The first-order valence-corrected chi connectivity index (χ1v) is 8.72. The molecule has 0 aliphatic heterocycles. The standard InChI is InChI=1S/C20H25NO3/c1-14(2)21-13-12-19(24-20(22)16-10-11-16)23-18-9-5-7-15-6-3-4-8-17(15)18/h3-9,14,16,19,21H,10-13H2,1-2H3/t19-/m0/s1. The van der Waals surface area contributed by atoms with Gasteiger partial charge in [-0.05, 0) is 24.3 Å². The molecule has 0 bridgehead atoms. The maximum absolute atomic E-state index is 12.0. The average Bonchev–Trinajstić information content (AvgIpc) is 3.39. The molecule has 0 spiro atoms. The van der Waals surface area contributed by atoms with Crippen molar-refractivity contribution in [3.05, 3.63) is 42.5 Å². The molecule has 4 nitrogen and oxygen atoms in total. The number of carbonyl (C=O) groups excluding carboxylic acids is 1. The summed E-state index contributed by atoms with van der Waals surface area (Å²) in [6.07, 6.45) is 1.93. The number of nitrogens with one attached hydrogen (secondary N) is 1. The molecular weight excluding hydrogens is 302 g/mol. The van der Waals surface area contributed by atoms with Crippen molar-refractivity contribution >= 4 is 16.7 Å². The van der Waals surface area contributed by atoms with E-state index < -0.39 is 6.29 Å². The van der Waals surface area contributed by atoms with Crippen molar-refractivity contribution in [2.24, 2.45) is 5.92 Å². The van der Waals surface area contributed by atoms with Gasteiger partial charge < -0.3 is 14.8 Å². The molecule has 0 unspecified atom stereocenters. The largest absolute Gasteiger partial charge is 0.454 e. The number of benzene rings is 2. The molecule has 128 valence electrons. The van der Waals surface area contributed by atoms with Crippen LogP contribution in [0.2, 0.25) is 0 Å². The Labute approximate surface area is 143 Å². The quantitative estimate of drug-likeness (QED) is 0.590. The Morgan fingerprint density at radius 1 is 1.17 bits per heavy atom. The molecule has 1 fully saturated rings. The molecule has 4 heteroatoms. The maximum Gasteiger partial charge on any atom is 0.312 e. The fourth-order valence-electron chi connectivity index (χ4n) is 2.62. The van der Waals surface area contributed by atoms with Gasteiger partial charge in [-0.1, -0.05) is 50.2 Å². The predicted octanol–water partition coefficient (Wildman–Crippen LogP) is 3.89. The maximum atomic E-state index is 12.0. The van der Waals surface area contributed by atoms with Gasteiger partial charge in [0.05, 0.1) is 5.92 Å². The number of ether oxygens (including phenoxy) is 2. The Balaban J connectivity index is 1.72. The Hall–Kier alpha value is -2.07. The zero-order valence-electron chi connectivity index (χ0n) is 14.3. The van der Waals surface area contributed by atoms with Crippen molar-refractivity contribution in [3.8, 4) is 5.75 Å². The molecule has 24 heavy (non-hydrogen) atoms. The van der Waals surface area contributed by atoms with E-state index in [2.05, 4.69) is 19.2 Å². The first kappa shape index (κ1) is 16.8. The molecule has 3 rings (SSSR count). The Morgan fingerprint density at radius 2 is 1.92 bits per heavy atom. The van der Waals surface area contributed by atoms with Crippen LogP contribution >= 0.6 is 0 Å². The van der Waals surface area contributed by atoms with Crippen LogP contribution in [0.25, 0.3) is 10.8 Å². The number of hydrogen-bond acceptors (Lipinski definition) is 4. The number of rotatable bonds is 8. The van der Waals surface area contributed by atoms with E-state index in [-0.39, 0.29) is 11.9 Å². The zero-order chi connectivity index (χ0) is 16.9. The second-order valence-corrected chi connectivity index (χ2v) is 6.63. The normalized spacial score (nSPS) is 15.5. The molecule has 2 aromatic carbocycles. The molecule has 0 radical (unpaired) electrons. The van der Waals surface area contributed by atoms with Crippen LogP contribution in [0.15, 0.2) is 42.5 Å². The molecule has 1 aliphatic carbocycles. The lowest BCUT2D eigenvalue weighted by Gasteiger charge is -2.21. The first-order chi connectivity index (χ1) is 11.6. The topological polar surface area (TPSA) is 47.6 Å².